The van der Waals surface area contributed by atoms with Crippen molar-refractivity contribution in [3.63, 3.8) is 0 Å². The van der Waals surface area contributed by atoms with E-state index in [0.717, 1.165) is 31.4 Å². The largest absolute Gasteiger partial charge is 0.508 e. The zero-order valence-corrected chi connectivity index (χ0v) is 12.7. The number of phenolic OH excluding ortho intramolecular Hbond substituents is 1. The summed E-state index contributed by atoms with van der Waals surface area (Å²) in [7, 11) is 1.60. The standard InChI is InChI=1S/C16H23NO4/c1-3-21-16(19)14-6-4-5-9-17(14)11-12-10-13(20-2)7-8-15(12)18/h7-8,10,14,18H,3-6,9,11H2,1-2H3/t14-/m0/s1. The predicted octanol–water partition coefficient (Wildman–Crippen LogP) is 2.32. The molecule has 1 N–H and O–H groups in total. The number of hydrogen-bond acceptors (Lipinski definition) is 5. The number of esters is 1. The van der Waals surface area contributed by atoms with Crippen molar-refractivity contribution in [1.29, 1.82) is 0 Å². The highest BCUT2D eigenvalue weighted by Crippen LogP contribution is 2.27. The van der Waals surface area contributed by atoms with Gasteiger partial charge in [-0.25, -0.2) is 0 Å². The van der Waals surface area contributed by atoms with Gasteiger partial charge in [0.05, 0.1) is 13.7 Å². The average Bonchev–Trinajstić information content (AvgIpc) is 2.50. The van der Waals surface area contributed by atoms with E-state index in [4.69, 9.17) is 9.47 Å². The maximum absolute atomic E-state index is 12.1. The van der Waals surface area contributed by atoms with Gasteiger partial charge in [-0.05, 0) is 44.5 Å². The van der Waals surface area contributed by atoms with Crippen LogP contribution in [0.1, 0.15) is 31.7 Å². The number of nitrogens with zero attached hydrogens (tertiary/aromatic N) is 1. The number of carbonyl (C=O) groups is 1. The van der Waals surface area contributed by atoms with E-state index < -0.39 is 0 Å². The lowest BCUT2D eigenvalue weighted by Crippen LogP contribution is -2.44. The quantitative estimate of drug-likeness (QED) is 0.844. The molecule has 1 atom stereocenters. The van der Waals surface area contributed by atoms with Crippen LogP contribution in [0.3, 0.4) is 0 Å². The summed E-state index contributed by atoms with van der Waals surface area (Å²) in [6.45, 7) is 3.57. The Hall–Kier alpha value is -1.75. The molecule has 1 aromatic rings. The zero-order valence-electron chi connectivity index (χ0n) is 12.7. The van der Waals surface area contributed by atoms with Crippen molar-refractivity contribution in [2.45, 2.75) is 38.8 Å². The Morgan fingerprint density at radius 3 is 2.95 bits per heavy atom. The summed E-state index contributed by atoms with van der Waals surface area (Å²) in [6, 6.07) is 4.94. The fraction of sp³-hybridized carbons (Fsp3) is 0.562. The summed E-state index contributed by atoms with van der Waals surface area (Å²) in [4.78, 5) is 14.1. The molecule has 0 amide bonds. The molecule has 1 saturated heterocycles. The molecule has 1 aliphatic heterocycles. The van der Waals surface area contributed by atoms with Gasteiger partial charge in [0.15, 0.2) is 0 Å². The summed E-state index contributed by atoms with van der Waals surface area (Å²) in [6.07, 6.45) is 2.90. The Balaban J connectivity index is 2.13. The van der Waals surface area contributed by atoms with Crippen LogP contribution in [0.5, 0.6) is 11.5 Å². The monoisotopic (exact) mass is 293 g/mol. The number of likely N-dealkylation sites (tertiary alicyclic amines) is 1. The molecule has 0 radical (unpaired) electrons. The average molecular weight is 293 g/mol. The first-order chi connectivity index (χ1) is 10.2. The molecule has 0 unspecified atom stereocenters. The van der Waals surface area contributed by atoms with Crippen molar-refractivity contribution in [2.24, 2.45) is 0 Å². The van der Waals surface area contributed by atoms with Crippen LogP contribution in [0.15, 0.2) is 18.2 Å². The van der Waals surface area contributed by atoms with E-state index in [1.54, 1.807) is 19.2 Å². The second-order valence-corrected chi connectivity index (χ2v) is 5.23. The Bertz CT molecular complexity index is 489. The van der Waals surface area contributed by atoms with Crippen LogP contribution in [-0.2, 0) is 16.1 Å². The number of benzene rings is 1. The van der Waals surface area contributed by atoms with Crippen molar-refractivity contribution in [3.05, 3.63) is 23.8 Å². The Labute approximate surface area is 125 Å². The predicted molar refractivity (Wildman–Crippen MR) is 79.3 cm³/mol. The van der Waals surface area contributed by atoms with Crippen LogP contribution in [0.25, 0.3) is 0 Å². The second kappa shape index (κ2) is 7.31. The third-order valence-electron chi connectivity index (χ3n) is 3.83. The molecule has 1 aromatic carbocycles. The molecule has 0 aromatic heterocycles. The van der Waals surface area contributed by atoms with Gasteiger partial charge in [0.25, 0.3) is 0 Å². The molecule has 0 spiro atoms. The van der Waals surface area contributed by atoms with Gasteiger partial charge in [0.2, 0.25) is 0 Å². The van der Waals surface area contributed by atoms with Gasteiger partial charge >= 0.3 is 5.97 Å². The van der Waals surface area contributed by atoms with Crippen LogP contribution in [-0.4, -0.2) is 42.3 Å². The minimum atomic E-state index is -0.218. The van der Waals surface area contributed by atoms with Crippen molar-refractivity contribution >= 4 is 5.97 Å². The third kappa shape index (κ3) is 3.88. The Kier molecular flexibility index (Phi) is 5.44. The first-order valence-electron chi connectivity index (χ1n) is 7.42. The van der Waals surface area contributed by atoms with E-state index in [-0.39, 0.29) is 17.8 Å². The number of hydrogen-bond donors (Lipinski definition) is 1. The van der Waals surface area contributed by atoms with E-state index in [1.807, 2.05) is 13.0 Å². The maximum atomic E-state index is 12.1. The van der Waals surface area contributed by atoms with Crippen LogP contribution in [0.4, 0.5) is 0 Å². The van der Waals surface area contributed by atoms with Crippen LogP contribution < -0.4 is 4.74 Å². The highest BCUT2D eigenvalue weighted by atomic mass is 16.5. The normalized spacial score (nSPS) is 19.2. The number of methoxy groups -OCH3 is 1. The number of phenols is 1. The van der Waals surface area contributed by atoms with Gasteiger partial charge in [0, 0.05) is 12.1 Å². The summed E-state index contributed by atoms with van der Waals surface area (Å²) in [5, 5.41) is 9.99. The summed E-state index contributed by atoms with van der Waals surface area (Å²) in [5.74, 6) is 0.760. The Morgan fingerprint density at radius 2 is 2.24 bits per heavy atom. The SMILES string of the molecule is CCOC(=O)[C@@H]1CCCCN1Cc1cc(OC)ccc1O. The minimum Gasteiger partial charge on any atom is -0.508 e. The lowest BCUT2D eigenvalue weighted by atomic mass is 10.0. The maximum Gasteiger partial charge on any atom is 0.323 e. The van der Waals surface area contributed by atoms with Crippen molar-refractivity contribution in [1.82, 2.24) is 4.90 Å². The van der Waals surface area contributed by atoms with E-state index in [1.165, 1.54) is 0 Å². The fourth-order valence-corrected chi connectivity index (χ4v) is 2.72. The first-order valence-corrected chi connectivity index (χ1v) is 7.42. The highest BCUT2D eigenvalue weighted by Gasteiger charge is 2.30. The van der Waals surface area contributed by atoms with E-state index in [9.17, 15) is 9.90 Å². The van der Waals surface area contributed by atoms with Gasteiger partial charge in [-0.15, -0.1) is 0 Å². The van der Waals surface area contributed by atoms with Gasteiger partial charge in [-0.2, -0.15) is 0 Å². The van der Waals surface area contributed by atoms with E-state index in [0.29, 0.717) is 18.9 Å². The van der Waals surface area contributed by atoms with Crippen LogP contribution in [0, 0.1) is 0 Å². The number of aromatic hydroxyl groups is 1. The third-order valence-corrected chi connectivity index (χ3v) is 3.83. The molecule has 5 nitrogen and oxygen atoms in total. The van der Waals surface area contributed by atoms with E-state index >= 15 is 0 Å². The molecule has 116 valence electrons. The van der Waals surface area contributed by atoms with Gasteiger partial charge < -0.3 is 14.6 Å². The smallest absolute Gasteiger partial charge is 0.323 e. The summed E-state index contributed by atoms with van der Waals surface area (Å²) < 4.78 is 10.3. The molecule has 5 heteroatoms. The van der Waals surface area contributed by atoms with Crippen LogP contribution in [0.2, 0.25) is 0 Å². The topological polar surface area (TPSA) is 59.0 Å². The second-order valence-electron chi connectivity index (χ2n) is 5.23. The fourth-order valence-electron chi connectivity index (χ4n) is 2.72. The molecule has 1 aliphatic rings. The van der Waals surface area contributed by atoms with Gasteiger partial charge in [-0.1, -0.05) is 6.42 Å². The van der Waals surface area contributed by atoms with Crippen molar-refractivity contribution in [2.75, 3.05) is 20.3 Å². The zero-order chi connectivity index (χ0) is 15.2. The van der Waals surface area contributed by atoms with Crippen molar-refractivity contribution < 1.29 is 19.4 Å². The summed E-state index contributed by atoms with van der Waals surface area (Å²) in [5.41, 5.74) is 0.769. The highest BCUT2D eigenvalue weighted by molar-refractivity contribution is 5.75. The molecule has 0 bridgehead atoms. The molecule has 1 heterocycles. The van der Waals surface area contributed by atoms with Crippen LogP contribution >= 0.6 is 0 Å². The number of carbonyl (C=O) groups excluding carboxylic acids is 1. The minimum absolute atomic E-state index is 0.167. The molecule has 0 saturated carbocycles. The van der Waals surface area contributed by atoms with Gasteiger partial charge in [-0.3, -0.25) is 9.69 Å². The molecule has 21 heavy (non-hydrogen) atoms. The Morgan fingerprint density at radius 1 is 1.43 bits per heavy atom. The molecule has 1 fully saturated rings. The number of piperidine rings is 1. The first kappa shape index (κ1) is 15.6. The molecular formula is C16H23NO4. The lowest BCUT2D eigenvalue weighted by molar-refractivity contribution is -0.151. The van der Waals surface area contributed by atoms with Crippen molar-refractivity contribution in [3.8, 4) is 11.5 Å². The number of ether oxygens (including phenoxy) is 2. The molecular weight excluding hydrogens is 270 g/mol. The van der Waals surface area contributed by atoms with Gasteiger partial charge in [0.1, 0.15) is 17.5 Å². The molecule has 2 rings (SSSR count). The summed E-state index contributed by atoms with van der Waals surface area (Å²) >= 11 is 0. The van der Waals surface area contributed by atoms with E-state index in [2.05, 4.69) is 4.90 Å². The number of rotatable bonds is 5. The lowest BCUT2D eigenvalue weighted by Gasteiger charge is -2.34. The molecule has 0 aliphatic carbocycles.